The largest absolute Gasteiger partial charge is 0.313 e. The van der Waals surface area contributed by atoms with Gasteiger partial charge in [-0.05, 0) is 42.9 Å². The zero-order valence-electron chi connectivity index (χ0n) is 13.8. The maximum absolute atomic E-state index is 5.77. The van der Waals surface area contributed by atoms with E-state index in [2.05, 4.69) is 30.9 Å². The standard InChI is InChI=1S/C17H23NO2P2S/c1-4-19-22(23,20-5-2)18-21(3,16-12-8-6-9-13-16)17-14-10-7-11-15-17/h6-15H,4-5H2,1-3H3. The summed E-state index contributed by atoms with van der Waals surface area (Å²) in [5, 5.41) is 2.36. The molecule has 0 N–H and O–H groups in total. The number of benzene rings is 2. The Balaban J connectivity index is 2.68. The van der Waals surface area contributed by atoms with Crippen LogP contribution in [0, 0.1) is 0 Å². The third kappa shape index (κ3) is 4.62. The minimum absolute atomic E-state index is 0.504. The summed E-state index contributed by atoms with van der Waals surface area (Å²) < 4.78 is 16.6. The second-order valence-corrected chi connectivity index (χ2v) is 11.5. The Bertz CT molecular complexity index is 666. The highest BCUT2D eigenvalue weighted by Crippen LogP contribution is 2.60. The SMILES string of the molecule is CCOP(=S)(N=P(C)(c1ccccc1)c1ccccc1)OCC. The normalized spacial score (nSPS) is 12.1. The van der Waals surface area contributed by atoms with Gasteiger partial charge in [-0.2, -0.15) is 0 Å². The monoisotopic (exact) mass is 367 g/mol. The smallest absolute Gasteiger partial charge is 0.308 e. The Morgan fingerprint density at radius 1 is 0.826 bits per heavy atom. The molecule has 124 valence electrons. The van der Waals surface area contributed by atoms with Crippen molar-refractivity contribution in [2.45, 2.75) is 13.8 Å². The van der Waals surface area contributed by atoms with Crippen LogP contribution in [0.25, 0.3) is 0 Å². The lowest BCUT2D eigenvalue weighted by Crippen LogP contribution is -2.15. The minimum atomic E-state index is -2.66. The molecule has 3 nitrogen and oxygen atoms in total. The summed E-state index contributed by atoms with van der Waals surface area (Å²) in [5.74, 6) is 0. The molecule has 0 aromatic heterocycles. The molecule has 0 amide bonds. The molecule has 0 atom stereocenters. The molecule has 0 radical (unpaired) electrons. The van der Waals surface area contributed by atoms with Crippen molar-refractivity contribution < 1.29 is 9.05 Å². The molecule has 2 rings (SSSR count). The Labute approximate surface area is 144 Å². The molecule has 0 aliphatic rings. The molecule has 2 aromatic carbocycles. The van der Waals surface area contributed by atoms with Gasteiger partial charge in [0, 0.05) is 7.05 Å². The van der Waals surface area contributed by atoms with Crippen molar-refractivity contribution in [3.63, 3.8) is 0 Å². The fourth-order valence-corrected chi connectivity index (χ4v) is 9.79. The molecule has 0 saturated heterocycles. The first-order valence-electron chi connectivity index (χ1n) is 7.66. The van der Waals surface area contributed by atoms with Crippen LogP contribution in [0.3, 0.4) is 0 Å². The number of hydrogen-bond donors (Lipinski definition) is 0. The third-order valence-corrected chi connectivity index (χ3v) is 10.8. The average molecular weight is 367 g/mol. The molecule has 2 aromatic rings. The molecular formula is C17H23NO2P2S. The van der Waals surface area contributed by atoms with Crippen LogP contribution in [0.4, 0.5) is 0 Å². The predicted molar refractivity (Wildman–Crippen MR) is 105 cm³/mol. The van der Waals surface area contributed by atoms with Crippen LogP contribution in [0.15, 0.2) is 65.2 Å². The lowest BCUT2D eigenvalue weighted by Gasteiger charge is -2.26. The maximum atomic E-state index is 5.77. The molecule has 0 aliphatic carbocycles. The van der Waals surface area contributed by atoms with Crippen LogP contribution >= 0.6 is 13.7 Å². The van der Waals surface area contributed by atoms with Crippen molar-refractivity contribution in [1.29, 1.82) is 0 Å². The van der Waals surface area contributed by atoms with E-state index < -0.39 is 13.7 Å². The zero-order chi connectivity index (χ0) is 16.8. The summed E-state index contributed by atoms with van der Waals surface area (Å²) in [6, 6.07) is 20.6. The molecule has 0 spiro atoms. The van der Waals surface area contributed by atoms with Gasteiger partial charge in [0.1, 0.15) is 0 Å². The summed E-state index contributed by atoms with van der Waals surface area (Å²) in [6.07, 6.45) is 0. The van der Waals surface area contributed by atoms with E-state index in [4.69, 9.17) is 25.4 Å². The Kier molecular flexibility index (Phi) is 6.76. The summed E-state index contributed by atoms with van der Waals surface area (Å²) in [7, 11) is -2.03. The lowest BCUT2D eigenvalue weighted by atomic mass is 10.4. The molecule has 0 heterocycles. The molecule has 0 unspecified atom stereocenters. The van der Waals surface area contributed by atoms with Gasteiger partial charge >= 0.3 is 6.64 Å². The van der Waals surface area contributed by atoms with Gasteiger partial charge in [-0.1, -0.05) is 60.7 Å². The molecule has 23 heavy (non-hydrogen) atoms. The van der Waals surface area contributed by atoms with Crippen LogP contribution < -0.4 is 10.6 Å². The second-order valence-electron chi connectivity index (χ2n) is 5.02. The van der Waals surface area contributed by atoms with Gasteiger partial charge in [0.2, 0.25) is 0 Å². The van der Waals surface area contributed by atoms with Gasteiger partial charge in [0.25, 0.3) is 0 Å². The predicted octanol–water partition coefficient (Wildman–Crippen LogP) is 4.77. The Morgan fingerprint density at radius 2 is 1.22 bits per heavy atom. The van der Waals surface area contributed by atoms with E-state index in [0.29, 0.717) is 13.2 Å². The van der Waals surface area contributed by atoms with Gasteiger partial charge in [0.15, 0.2) is 0 Å². The molecular weight excluding hydrogens is 344 g/mol. The Morgan fingerprint density at radius 3 is 1.57 bits per heavy atom. The van der Waals surface area contributed by atoms with Gasteiger partial charge in [-0.25, -0.2) is 4.52 Å². The minimum Gasteiger partial charge on any atom is -0.313 e. The van der Waals surface area contributed by atoms with Crippen molar-refractivity contribution in [2.75, 3.05) is 19.9 Å². The zero-order valence-corrected chi connectivity index (χ0v) is 16.4. The van der Waals surface area contributed by atoms with E-state index in [1.807, 2.05) is 50.2 Å². The van der Waals surface area contributed by atoms with E-state index in [-0.39, 0.29) is 0 Å². The number of hydrogen-bond acceptors (Lipinski definition) is 3. The summed E-state index contributed by atoms with van der Waals surface area (Å²) in [4.78, 5) is 0. The van der Waals surface area contributed by atoms with Crippen molar-refractivity contribution in [2.24, 2.45) is 4.52 Å². The first kappa shape index (κ1) is 18.6. The molecule has 0 fully saturated rings. The van der Waals surface area contributed by atoms with Gasteiger partial charge in [-0.15, -0.1) is 0 Å². The molecule has 0 aliphatic heterocycles. The quantitative estimate of drug-likeness (QED) is 0.661. The maximum Gasteiger partial charge on any atom is 0.308 e. The molecule has 0 saturated carbocycles. The van der Waals surface area contributed by atoms with Crippen LogP contribution in [0.5, 0.6) is 0 Å². The van der Waals surface area contributed by atoms with Gasteiger partial charge in [0.05, 0.1) is 13.2 Å². The van der Waals surface area contributed by atoms with Crippen LogP contribution in [0.2, 0.25) is 0 Å². The van der Waals surface area contributed by atoms with Crippen LogP contribution in [0.1, 0.15) is 13.8 Å². The fourth-order valence-electron chi connectivity index (χ4n) is 2.32. The first-order valence-corrected chi connectivity index (χ1v) is 12.4. The van der Waals surface area contributed by atoms with Crippen LogP contribution in [-0.2, 0) is 20.9 Å². The average Bonchev–Trinajstić information content (AvgIpc) is 2.56. The van der Waals surface area contributed by atoms with Crippen molar-refractivity contribution in [3.05, 3.63) is 60.7 Å². The lowest BCUT2D eigenvalue weighted by molar-refractivity contribution is 0.268. The highest BCUT2D eigenvalue weighted by atomic mass is 32.5. The van der Waals surface area contributed by atoms with E-state index in [0.717, 1.165) is 0 Å². The van der Waals surface area contributed by atoms with Crippen molar-refractivity contribution >= 4 is 36.1 Å². The van der Waals surface area contributed by atoms with Crippen LogP contribution in [-0.4, -0.2) is 19.9 Å². The number of nitrogens with zero attached hydrogens (tertiary/aromatic N) is 1. The summed E-state index contributed by atoms with van der Waals surface area (Å²) >= 11 is 5.68. The summed E-state index contributed by atoms with van der Waals surface area (Å²) in [5.41, 5.74) is 0. The van der Waals surface area contributed by atoms with E-state index in [1.165, 1.54) is 10.6 Å². The van der Waals surface area contributed by atoms with E-state index >= 15 is 0 Å². The van der Waals surface area contributed by atoms with E-state index in [1.54, 1.807) is 0 Å². The Hall–Kier alpha value is -0.760. The molecule has 0 bridgehead atoms. The van der Waals surface area contributed by atoms with Crippen molar-refractivity contribution in [1.82, 2.24) is 0 Å². The van der Waals surface area contributed by atoms with E-state index in [9.17, 15) is 0 Å². The fraction of sp³-hybridized carbons (Fsp3) is 0.294. The third-order valence-electron chi connectivity index (χ3n) is 3.39. The number of rotatable bonds is 7. The highest BCUT2D eigenvalue weighted by molar-refractivity contribution is 8.11. The van der Waals surface area contributed by atoms with Gasteiger partial charge in [-0.3, -0.25) is 0 Å². The van der Waals surface area contributed by atoms with Crippen molar-refractivity contribution in [3.8, 4) is 0 Å². The van der Waals surface area contributed by atoms with Gasteiger partial charge < -0.3 is 9.05 Å². The molecule has 6 heteroatoms. The second kappa shape index (κ2) is 8.37. The summed E-state index contributed by atoms with van der Waals surface area (Å²) in [6.45, 7) is 4.38. The topological polar surface area (TPSA) is 30.8 Å². The highest BCUT2D eigenvalue weighted by Gasteiger charge is 2.26. The first-order chi connectivity index (χ1) is 11.0.